The van der Waals surface area contributed by atoms with Crippen LogP contribution in [0.1, 0.15) is 19.3 Å². The second kappa shape index (κ2) is 4.19. The quantitative estimate of drug-likeness (QED) is 0.714. The van der Waals surface area contributed by atoms with Gasteiger partial charge in [-0.2, -0.15) is 12.7 Å². The molecule has 2 atom stereocenters. The molecule has 0 aromatic heterocycles. The summed E-state index contributed by atoms with van der Waals surface area (Å²) < 4.78 is 32.9. The fourth-order valence-corrected chi connectivity index (χ4v) is 3.16. The molecule has 16 heavy (non-hydrogen) atoms. The van der Waals surface area contributed by atoms with Crippen molar-refractivity contribution in [2.45, 2.75) is 31.4 Å². The van der Waals surface area contributed by atoms with Gasteiger partial charge in [0.05, 0.1) is 12.7 Å². The molecule has 0 aromatic rings. The minimum atomic E-state index is -4.13. The molecule has 7 nitrogen and oxygen atoms in total. The molecule has 92 valence electrons. The van der Waals surface area contributed by atoms with Gasteiger partial charge in [-0.1, -0.05) is 0 Å². The summed E-state index contributed by atoms with van der Waals surface area (Å²) in [6.45, 7) is 0.383. The maximum absolute atomic E-state index is 11.3. The monoisotopic (exact) mass is 251 g/mol. The van der Waals surface area contributed by atoms with Crippen LogP contribution in [-0.2, 0) is 19.2 Å². The van der Waals surface area contributed by atoms with Gasteiger partial charge in [-0.15, -0.1) is 0 Å². The zero-order chi connectivity index (χ0) is 11.8. The van der Waals surface area contributed by atoms with Crippen molar-refractivity contribution < 1.29 is 27.2 Å². The Morgan fingerprint density at radius 3 is 2.69 bits per heavy atom. The van der Waals surface area contributed by atoms with Gasteiger partial charge in [0, 0.05) is 6.61 Å². The number of nitrogens with zero attached hydrogens (tertiary/aromatic N) is 1. The van der Waals surface area contributed by atoms with Crippen molar-refractivity contribution in [3.63, 3.8) is 0 Å². The van der Waals surface area contributed by atoms with Gasteiger partial charge in [-0.05, 0) is 19.3 Å². The number of ether oxygens (including phenoxy) is 1. The summed E-state index contributed by atoms with van der Waals surface area (Å²) in [5.74, 6) is 0. The SMILES string of the molecule is O=C(O)N1C(C2CCCCO2)COS1(=O)=O. The molecular formula is C8H13NO6S. The summed E-state index contributed by atoms with van der Waals surface area (Å²) in [6, 6.07) is -0.747. The van der Waals surface area contributed by atoms with Gasteiger partial charge in [-0.3, -0.25) is 4.18 Å². The van der Waals surface area contributed by atoms with Gasteiger partial charge in [0.2, 0.25) is 0 Å². The van der Waals surface area contributed by atoms with Gasteiger partial charge in [0.15, 0.2) is 0 Å². The van der Waals surface area contributed by atoms with Gasteiger partial charge >= 0.3 is 16.4 Å². The third kappa shape index (κ3) is 2.00. The molecule has 0 saturated carbocycles. The molecule has 1 N–H and O–H groups in total. The van der Waals surface area contributed by atoms with Crippen LogP contribution in [0.2, 0.25) is 0 Å². The highest BCUT2D eigenvalue weighted by molar-refractivity contribution is 7.85. The second-order valence-corrected chi connectivity index (χ2v) is 5.28. The van der Waals surface area contributed by atoms with Crippen LogP contribution in [0.5, 0.6) is 0 Å². The lowest BCUT2D eigenvalue weighted by atomic mass is 10.0. The van der Waals surface area contributed by atoms with E-state index in [0.29, 0.717) is 17.3 Å². The van der Waals surface area contributed by atoms with Crippen molar-refractivity contribution in [3.8, 4) is 0 Å². The normalized spacial score (nSPS) is 33.9. The van der Waals surface area contributed by atoms with Crippen molar-refractivity contribution in [2.24, 2.45) is 0 Å². The lowest BCUT2D eigenvalue weighted by molar-refractivity contribution is -0.0214. The average molecular weight is 251 g/mol. The maximum Gasteiger partial charge on any atom is 0.423 e. The number of hydrogen-bond donors (Lipinski definition) is 1. The fraction of sp³-hybridized carbons (Fsp3) is 0.875. The van der Waals surface area contributed by atoms with Crippen LogP contribution in [0.3, 0.4) is 0 Å². The predicted molar refractivity (Wildman–Crippen MR) is 52.1 cm³/mol. The number of carbonyl (C=O) groups is 1. The van der Waals surface area contributed by atoms with E-state index in [0.717, 1.165) is 12.8 Å². The number of carboxylic acid groups (broad SMARTS) is 1. The summed E-state index contributed by atoms with van der Waals surface area (Å²) >= 11 is 0. The highest BCUT2D eigenvalue weighted by atomic mass is 32.2. The summed E-state index contributed by atoms with van der Waals surface area (Å²) in [5, 5.41) is 8.86. The van der Waals surface area contributed by atoms with Crippen molar-refractivity contribution in [1.29, 1.82) is 0 Å². The van der Waals surface area contributed by atoms with E-state index in [-0.39, 0.29) is 12.7 Å². The van der Waals surface area contributed by atoms with Crippen molar-refractivity contribution in [3.05, 3.63) is 0 Å². The smallest absolute Gasteiger partial charge is 0.423 e. The van der Waals surface area contributed by atoms with Gasteiger partial charge in [0.1, 0.15) is 6.04 Å². The lowest BCUT2D eigenvalue weighted by Crippen LogP contribution is -2.47. The van der Waals surface area contributed by atoms with E-state index in [1.807, 2.05) is 0 Å². The van der Waals surface area contributed by atoms with Crippen molar-refractivity contribution in [1.82, 2.24) is 4.31 Å². The molecule has 0 aliphatic carbocycles. The average Bonchev–Trinajstić information content (AvgIpc) is 2.55. The molecule has 2 unspecified atom stereocenters. The molecule has 2 saturated heterocycles. The highest BCUT2D eigenvalue weighted by Crippen LogP contribution is 2.27. The van der Waals surface area contributed by atoms with Crippen molar-refractivity contribution in [2.75, 3.05) is 13.2 Å². The molecule has 0 radical (unpaired) electrons. The number of amides is 1. The van der Waals surface area contributed by atoms with E-state index in [9.17, 15) is 13.2 Å². The van der Waals surface area contributed by atoms with E-state index < -0.39 is 22.4 Å². The minimum Gasteiger partial charge on any atom is -0.464 e. The molecule has 2 aliphatic heterocycles. The first kappa shape index (κ1) is 11.6. The van der Waals surface area contributed by atoms with E-state index >= 15 is 0 Å². The fourth-order valence-electron chi connectivity index (χ4n) is 2.01. The van der Waals surface area contributed by atoms with E-state index in [1.54, 1.807) is 0 Å². The van der Waals surface area contributed by atoms with Crippen LogP contribution in [0.4, 0.5) is 4.79 Å². The van der Waals surface area contributed by atoms with Gasteiger partial charge in [-0.25, -0.2) is 4.79 Å². The Balaban J connectivity index is 2.18. The molecule has 1 amide bonds. The first-order valence-corrected chi connectivity index (χ1v) is 6.42. The Labute approximate surface area is 93.2 Å². The Bertz CT molecular complexity index is 374. The minimum absolute atomic E-state index is 0.153. The molecule has 2 fully saturated rings. The maximum atomic E-state index is 11.3. The molecule has 0 aromatic carbocycles. The first-order valence-electron chi connectivity index (χ1n) is 5.05. The molecule has 2 rings (SSSR count). The van der Waals surface area contributed by atoms with Gasteiger partial charge in [0.25, 0.3) is 0 Å². The first-order chi connectivity index (χ1) is 7.52. The van der Waals surface area contributed by atoms with E-state index in [2.05, 4.69) is 4.18 Å². The molecule has 0 bridgehead atoms. The summed E-state index contributed by atoms with van der Waals surface area (Å²) in [4.78, 5) is 10.9. The Morgan fingerprint density at radius 1 is 1.38 bits per heavy atom. The van der Waals surface area contributed by atoms with Crippen molar-refractivity contribution >= 4 is 16.4 Å². The Morgan fingerprint density at radius 2 is 2.12 bits per heavy atom. The van der Waals surface area contributed by atoms with Crippen LogP contribution in [0.25, 0.3) is 0 Å². The Kier molecular flexibility index (Phi) is 3.04. The van der Waals surface area contributed by atoms with E-state index in [1.165, 1.54) is 0 Å². The molecule has 8 heteroatoms. The molecular weight excluding hydrogens is 238 g/mol. The highest BCUT2D eigenvalue weighted by Gasteiger charge is 2.47. The van der Waals surface area contributed by atoms with Crippen LogP contribution in [0.15, 0.2) is 0 Å². The largest absolute Gasteiger partial charge is 0.464 e. The third-order valence-electron chi connectivity index (χ3n) is 2.76. The molecule has 0 spiro atoms. The third-order valence-corrected chi connectivity index (χ3v) is 4.11. The summed E-state index contributed by atoms with van der Waals surface area (Å²) in [6.07, 6.45) is 0.588. The zero-order valence-electron chi connectivity index (χ0n) is 8.53. The predicted octanol–water partition coefficient (Wildman–Crippen LogP) is 0.179. The summed E-state index contributed by atoms with van der Waals surface area (Å²) in [7, 11) is -4.13. The number of hydrogen-bond acceptors (Lipinski definition) is 5. The summed E-state index contributed by atoms with van der Waals surface area (Å²) in [5.41, 5.74) is 0. The van der Waals surface area contributed by atoms with Crippen LogP contribution < -0.4 is 0 Å². The molecule has 2 aliphatic rings. The topological polar surface area (TPSA) is 93.1 Å². The van der Waals surface area contributed by atoms with Crippen LogP contribution in [-0.4, -0.2) is 49.3 Å². The molecule has 2 heterocycles. The zero-order valence-corrected chi connectivity index (χ0v) is 9.35. The second-order valence-electron chi connectivity index (χ2n) is 3.79. The van der Waals surface area contributed by atoms with Gasteiger partial charge < -0.3 is 9.84 Å². The standard InChI is InChI=1S/C8H13NO6S/c10-8(11)9-6(5-15-16(9,12)13)7-3-1-2-4-14-7/h6-7H,1-5H2,(H,10,11). The Hall–Kier alpha value is -0.860. The lowest BCUT2D eigenvalue weighted by Gasteiger charge is -2.29. The van der Waals surface area contributed by atoms with Crippen LogP contribution >= 0.6 is 0 Å². The van der Waals surface area contributed by atoms with Crippen LogP contribution in [0, 0.1) is 0 Å². The van der Waals surface area contributed by atoms with E-state index in [4.69, 9.17) is 9.84 Å². The number of rotatable bonds is 1.